The number of sulfone groups is 1. The molecule has 0 N–H and O–H groups in total. The minimum atomic E-state index is -3.28. The fourth-order valence-corrected chi connectivity index (χ4v) is 3.92. The molecule has 2 heterocycles. The highest BCUT2D eigenvalue weighted by molar-refractivity contribution is 7.90. The molecular formula is C21H18FN3O2S. The Hall–Kier alpha value is -3.06. The number of aromatic nitrogens is 3. The smallest absolute Gasteiger partial charge is 0.175 e. The van der Waals surface area contributed by atoms with Crippen molar-refractivity contribution in [3.63, 3.8) is 0 Å². The standard InChI is InChI=1S/C21H18FN3O2S/c1-13-12-25-20(16-4-8-17(22)9-5-16)19(24-21(25)14(2)23-13)15-6-10-18(11-7-15)28(3,26)27/h4-12H,1-3H3. The molecule has 0 saturated heterocycles. The van der Waals surface area contributed by atoms with Crippen molar-refractivity contribution in [1.29, 1.82) is 0 Å². The van der Waals surface area contributed by atoms with E-state index < -0.39 is 9.84 Å². The zero-order valence-electron chi connectivity index (χ0n) is 15.6. The van der Waals surface area contributed by atoms with Crippen molar-refractivity contribution in [2.24, 2.45) is 0 Å². The van der Waals surface area contributed by atoms with E-state index in [0.717, 1.165) is 28.2 Å². The third-order valence-corrected chi connectivity index (χ3v) is 5.70. The van der Waals surface area contributed by atoms with Crippen LogP contribution in [0.4, 0.5) is 4.39 Å². The normalized spacial score (nSPS) is 11.9. The summed E-state index contributed by atoms with van der Waals surface area (Å²) in [5.74, 6) is -0.314. The van der Waals surface area contributed by atoms with Crippen LogP contribution in [-0.2, 0) is 9.84 Å². The molecular weight excluding hydrogens is 377 g/mol. The number of nitrogens with zero attached hydrogens (tertiary/aromatic N) is 3. The Labute approximate surface area is 162 Å². The van der Waals surface area contributed by atoms with E-state index in [4.69, 9.17) is 4.98 Å². The van der Waals surface area contributed by atoms with E-state index in [1.165, 1.54) is 18.4 Å². The van der Waals surface area contributed by atoms with Gasteiger partial charge in [-0.2, -0.15) is 0 Å². The minimum absolute atomic E-state index is 0.247. The monoisotopic (exact) mass is 395 g/mol. The van der Waals surface area contributed by atoms with Crippen molar-refractivity contribution in [2.45, 2.75) is 18.7 Å². The highest BCUT2D eigenvalue weighted by atomic mass is 32.2. The Morgan fingerprint density at radius 3 is 2.11 bits per heavy atom. The first-order valence-corrected chi connectivity index (χ1v) is 10.6. The molecule has 142 valence electrons. The Kier molecular flexibility index (Phi) is 4.27. The van der Waals surface area contributed by atoms with Crippen LogP contribution >= 0.6 is 0 Å². The van der Waals surface area contributed by atoms with Gasteiger partial charge in [0.2, 0.25) is 0 Å². The van der Waals surface area contributed by atoms with Crippen LogP contribution in [0.3, 0.4) is 0 Å². The molecule has 0 aliphatic rings. The summed E-state index contributed by atoms with van der Waals surface area (Å²) in [5.41, 5.74) is 5.38. The molecule has 0 unspecified atom stereocenters. The molecule has 0 radical (unpaired) electrons. The van der Waals surface area contributed by atoms with Crippen LogP contribution in [0.5, 0.6) is 0 Å². The number of halogens is 1. The summed E-state index contributed by atoms with van der Waals surface area (Å²) in [5, 5.41) is 0. The summed E-state index contributed by atoms with van der Waals surface area (Å²) in [6.07, 6.45) is 3.07. The fourth-order valence-electron chi connectivity index (χ4n) is 3.29. The van der Waals surface area contributed by atoms with E-state index in [2.05, 4.69) is 4.98 Å². The molecule has 0 fully saturated rings. The molecule has 0 bridgehead atoms. The van der Waals surface area contributed by atoms with E-state index in [9.17, 15) is 12.8 Å². The summed E-state index contributed by atoms with van der Waals surface area (Å²) >= 11 is 0. The van der Waals surface area contributed by atoms with Gasteiger partial charge in [0.25, 0.3) is 0 Å². The van der Waals surface area contributed by atoms with Gasteiger partial charge in [-0.3, -0.25) is 9.38 Å². The lowest BCUT2D eigenvalue weighted by Gasteiger charge is -2.07. The number of aryl methyl sites for hydroxylation is 2. The molecule has 0 aliphatic carbocycles. The van der Waals surface area contributed by atoms with Crippen LogP contribution in [0.25, 0.3) is 28.2 Å². The van der Waals surface area contributed by atoms with E-state index >= 15 is 0 Å². The van der Waals surface area contributed by atoms with E-state index in [1.54, 1.807) is 36.4 Å². The van der Waals surface area contributed by atoms with Gasteiger partial charge in [-0.25, -0.2) is 17.8 Å². The Bertz CT molecular complexity index is 1290. The number of hydrogen-bond acceptors (Lipinski definition) is 4. The molecule has 0 atom stereocenters. The third kappa shape index (κ3) is 3.18. The molecule has 5 nitrogen and oxygen atoms in total. The molecule has 0 amide bonds. The highest BCUT2D eigenvalue weighted by Crippen LogP contribution is 2.34. The Morgan fingerprint density at radius 2 is 1.50 bits per heavy atom. The summed E-state index contributed by atoms with van der Waals surface area (Å²) in [6, 6.07) is 12.8. The fraction of sp³-hybridized carbons (Fsp3) is 0.143. The van der Waals surface area contributed by atoms with Crippen molar-refractivity contribution < 1.29 is 12.8 Å². The van der Waals surface area contributed by atoms with Gasteiger partial charge in [0.05, 0.1) is 27.7 Å². The van der Waals surface area contributed by atoms with Crippen LogP contribution in [0, 0.1) is 19.7 Å². The summed E-state index contributed by atoms with van der Waals surface area (Å²) in [4.78, 5) is 9.50. The largest absolute Gasteiger partial charge is 0.296 e. The van der Waals surface area contributed by atoms with E-state index in [-0.39, 0.29) is 10.7 Å². The second-order valence-electron chi connectivity index (χ2n) is 6.77. The predicted molar refractivity (Wildman–Crippen MR) is 106 cm³/mol. The molecule has 2 aromatic carbocycles. The van der Waals surface area contributed by atoms with Gasteiger partial charge in [0, 0.05) is 23.6 Å². The summed E-state index contributed by atoms with van der Waals surface area (Å²) < 4.78 is 38.9. The molecule has 0 spiro atoms. The van der Waals surface area contributed by atoms with Crippen LogP contribution in [0.2, 0.25) is 0 Å². The average molecular weight is 395 g/mol. The van der Waals surface area contributed by atoms with Crippen molar-refractivity contribution in [3.05, 3.63) is 71.9 Å². The second-order valence-corrected chi connectivity index (χ2v) is 8.79. The van der Waals surface area contributed by atoms with Crippen molar-refractivity contribution in [3.8, 4) is 22.5 Å². The van der Waals surface area contributed by atoms with Gasteiger partial charge in [0.15, 0.2) is 15.5 Å². The molecule has 0 saturated carbocycles. The maximum absolute atomic E-state index is 13.5. The van der Waals surface area contributed by atoms with Crippen LogP contribution in [0.15, 0.2) is 59.6 Å². The maximum atomic E-state index is 13.5. The maximum Gasteiger partial charge on any atom is 0.175 e. The molecule has 4 rings (SSSR count). The number of fused-ring (bicyclic) bond motifs is 1. The quantitative estimate of drug-likeness (QED) is 0.521. The van der Waals surface area contributed by atoms with E-state index in [1.807, 2.05) is 24.4 Å². The van der Waals surface area contributed by atoms with Gasteiger partial charge in [-0.15, -0.1) is 0 Å². The van der Waals surface area contributed by atoms with Crippen molar-refractivity contribution in [1.82, 2.24) is 14.4 Å². The lowest BCUT2D eigenvalue weighted by molar-refractivity contribution is 0.602. The van der Waals surface area contributed by atoms with Gasteiger partial charge < -0.3 is 0 Å². The highest BCUT2D eigenvalue weighted by Gasteiger charge is 2.19. The molecule has 0 aliphatic heterocycles. The minimum Gasteiger partial charge on any atom is -0.296 e. The Morgan fingerprint density at radius 1 is 0.893 bits per heavy atom. The average Bonchev–Trinajstić information content (AvgIpc) is 3.01. The first-order chi connectivity index (χ1) is 13.2. The van der Waals surface area contributed by atoms with E-state index in [0.29, 0.717) is 11.3 Å². The number of rotatable bonds is 3. The number of benzene rings is 2. The molecule has 2 aromatic heterocycles. The topological polar surface area (TPSA) is 64.3 Å². The lowest BCUT2D eigenvalue weighted by atomic mass is 10.0. The molecule has 4 aromatic rings. The zero-order valence-corrected chi connectivity index (χ0v) is 16.5. The Balaban J connectivity index is 2.01. The molecule has 28 heavy (non-hydrogen) atoms. The van der Waals surface area contributed by atoms with Crippen LogP contribution < -0.4 is 0 Å². The number of hydrogen-bond donors (Lipinski definition) is 0. The number of imidazole rings is 1. The predicted octanol–water partition coefficient (Wildman–Crippen LogP) is 4.22. The summed E-state index contributed by atoms with van der Waals surface area (Å²) in [7, 11) is -3.28. The summed E-state index contributed by atoms with van der Waals surface area (Å²) in [6.45, 7) is 3.79. The van der Waals surface area contributed by atoms with Crippen LogP contribution in [-0.4, -0.2) is 29.0 Å². The van der Waals surface area contributed by atoms with Crippen molar-refractivity contribution in [2.75, 3.05) is 6.26 Å². The SMILES string of the molecule is Cc1cn2c(-c3ccc(F)cc3)c(-c3ccc(S(C)(=O)=O)cc3)nc2c(C)n1. The first-order valence-electron chi connectivity index (χ1n) is 8.67. The van der Waals surface area contributed by atoms with Gasteiger partial charge in [-0.05, 0) is 50.2 Å². The van der Waals surface area contributed by atoms with Crippen molar-refractivity contribution >= 4 is 15.5 Å². The second kappa shape index (κ2) is 6.53. The lowest BCUT2D eigenvalue weighted by Crippen LogP contribution is -1.97. The van der Waals surface area contributed by atoms with Gasteiger partial charge in [-0.1, -0.05) is 12.1 Å². The first kappa shape index (κ1) is 18.3. The van der Waals surface area contributed by atoms with Crippen LogP contribution in [0.1, 0.15) is 11.4 Å². The van der Waals surface area contributed by atoms with Gasteiger partial charge in [0.1, 0.15) is 5.82 Å². The zero-order chi connectivity index (χ0) is 20.1. The van der Waals surface area contributed by atoms with Gasteiger partial charge >= 0.3 is 0 Å². The third-order valence-electron chi connectivity index (χ3n) is 4.57. The molecule has 7 heteroatoms.